The molecule has 0 aliphatic heterocycles. The maximum Gasteiger partial charge on any atom is 0.220 e. The van der Waals surface area contributed by atoms with E-state index >= 15 is 0 Å². The number of aromatic nitrogens is 3. The Labute approximate surface area is 192 Å². The second-order valence-corrected chi connectivity index (χ2v) is 8.47. The van der Waals surface area contributed by atoms with Crippen LogP contribution in [0.4, 0.5) is 8.78 Å². The number of pyridine rings is 1. The summed E-state index contributed by atoms with van der Waals surface area (Å²) in [7, 11) is 0. The molecule has 2 aromatic carbocycles. The van der Waals surface area contributed by atoms with Crippen molar-refractivity contribution < 1.29 is 13.6 Å². The number of benzene rings is 2. The minimum absolute atomic E-state index is 0.0974. The van der Waals surface area contributed by atoms with Crippen LogP contribution in [0.1, 0.15) is 36.3 Å². The van der Waals surface area contributed by atoms with E-state index < -0.39 is 11.6 Å². The monoisotopic (exact) mass is 498 g/mol. The van der Waals surface area contributed by atoms with Gasteiger partial charge in [0.2, 0.25) is 5.91 Å². The molecule has 0 bridgehead atoms. The summed E-state index contributed by atoms with van der Waals surface area (Å²) in [5.74, 6) is -1.23. The molecule has 5 nitrogen and oxygen atoms in total. The Bertz CT molecular complexity index is 1260. The highest BCUT2D eigenvalue weighted by atomic mass is 79.9. The van der Waals surface area contributed by atoms with Crippen LogP contribution < -0.4 is 5.32 Å². The molecule has 164 valence electrons. The van der Waals surface area contributed by atoms with Crippen LogP contribution in [0.5, 0.6) is 0 Å². The summed E-state index contributed by atoms with van der Waals surface area (Å²) in [5.41, 5.74) is 2.92. The van der Waals surface area contributed by atoms with Crippen molar-refractivity contribution in [3.8, 4) is 0 Å². The number of fused-ring (bicyclic) bond motifs is 1. The highest BCUT2D eigenvalue weighted by Gasteiger charge is 2.16. The first-order valence-electron chi connectivity index (χ1n) is 10.2. The number of aryl methyl sites for hydroxylation is 1. The van der Waals surface area contributed by atoms with Gasteiger partial charge < -0.3 is 9.88 Å². The van der Waals surface area contributed by atoms with Gasteiger partial charge in [-0.05, 0) is 54.4 Å². The quantitative estimate of drug-likeness (QED) is 0.374. The van der Waals surface area contributed by atoms with Crippen LogP contribution in [0.3, 0.4) is 0 Å². The zero-order chi connectivity index (χ0) is 22.7. The fourth-order valence-electron chi connectivity index (χ4n) is 3.56. The lowest BCUT2D eigenvalue weighted by molar-refractivity contribution is -0.121. The van der Waals surface area contributed by atoms with E-state index in [-0.39, 0.29) is 24.9 Å². The second-order valence-electron chi connectivity index (χ2n) is 7.55. The van der Waals surface area contributed by atoms with Crippen LogP contribution >= 0.6 is 15.9 Å². The maximum atomic E-state index is 13.7. The number of nitrogens with one attached hydrogen (secondary N) is 1. The topological polar surface area (TPSA) is 59.8 Å². The Morgan fingerprint density at radius 1 is 1.12 bits per heavy atom. The molecule has 0 spiro atoms. The van der Waals surface area contributed by atoms with Crippen LogP contribution in [0.2, 0.25) is 0 Å². The minimum Gasteiger partial charge on any atom is -0.350 e. The number of imidazole rings is 1. The van der Waals surface area contributed by atoms with Gasteiger partial charge >= 0.3 is 0 Å². The van der Waals surface area contributed by atoms with Crippen LogP contribution in [-0.4, -0.2) is 20.4 Å². The van der Waals surface area contributed by atoms with E-state index in [4.69, 9.17) is 0 Å². The van der Waals surface area contributed by atoms with E-state index in [1.165, 1.54) is 12.1 Å². The van der Waals surface area contributed by atoms with Gasteiger partial charge in [0, 0.05) is 23.5 Å². The van der Waals surface area contributed by atoms with Crippen molar-refractivity contribution in [2.75, 3.05) is 0 Å². The predicted octanol–water partition coefficient (Wildman–Crippen LogP) is 5.33. The van der Waals surface area contributed by atoms with Gasteiger partial charge in [0.15, 0.2) is 17.3 Å². The zero-order valence-corrected chi connectivity index (χ0v) is 18.9. The molecule has 0 aliphatic carbocycles. The fourth-order valence-corrected chi connectivity index (χ4v) is 3.82. The van der Waals surface area contributed by atoms with Crippen LogP contribution in [0.25, 0.3) is 11.2 Å². The van der Waals surface area contributed by atoms with E-state index in [0.717, 1.165) is 16.1 Å². The van der Waals surface area contributed by atoms with Crippen LogP contribution in [0, 0.1) is 11.6 Å². The highest BCUT2D eigenvalue weighted by Crippen LogP contribution is 2.20. The number of halogens is 3. The van der Waals surface area contributed by atoms with Gasteiger partial charge in [0.1, 0.15) is 11.3 Å². The SMILES string of the molecule is C[C@H](NC(=O)CCc1nc2cccnc2n1Cc1ccc(F)c(F)c1)c1ccc(Br)cc1. The molecule has 0 fully saturated rings. The highest BCUT2D eigenvalue weighted by molar-refractivity contribution is 9.10. The Morgan fingerprint density at radius 3 is 2.66 bits per heavy atom. The van der Waals surface area contributed by atoms with E-state index in [0.29, 0.717) is 29.0 Å². The van der Waals surface area contributed by atoms with Gasteiger partial charge in [0.05, 0.1) is 12.6 Å². The first kappa shape index (κ1) is 22.1. The molecule has 0 saturated carbocycles. The Balaban J connectivity index is 1.49. The molecule has 0 aliphatic rings. The molecular formula is C24H21BrF2N4O. The molecule has 32 heavy (non-hydrogen) atoms. The summed E-state index contributed by atoms with van der Waals surface area (Å²) in [6.45, 7) is 2.21. The Morgan fingerprint density at radius 2 is 1.91 bits per heavy atom. The number of hydrogen-bond acceptors (Lipinski definition) is 3. The molecule has 2 aromatic heterocycles. The van der Waals surface area contributed by atoms with Crippen LogP contribution in [-0.2, 0) is 17.8 Å². The van der Waals surface area contributed by atoms with E-state index in [1.807, 2.05) is 41.8 Å². The molecule has 4 rings (SSSR count). The van der Waals surface area contributed by atoms with Crippen molar-refractivity contribution in [2.45, 2.75) is 32.4 Å². The van der Waals surface area contributed by atoms with Gasteiger partial charge in [-0.2, -0.15) is 0 Å². The van der Waals surface area contributed by atoms with E-state index in [9.17, 15) is 13.6 Å². The molecule has 2 heterocycles. The number of amides is 1. The van der Waals surface area contributed by atoms with Gasteiger partial charge in [0.25, 0.3) is 0 Å². The molecule has 4 aromatic rings. The summed E-state index contributed by atoms with van der Waals surface area (Å²) in [5, 5.41) is 3.00. The van der Waals surface area contributed by atoms with Crippen molar-refractivity contribution in [3.05, 3.63) is 93.9 Å². The first-order valence-corrected chi connectivity index (χ1v) is 11.0. The molecule has 1 amide bonds. The number of hydrogen-bond donors (Lipinski definition) is 1. The number of carbonyl (C=O) groups is 1. The molecule has 0 unspecified atom stereocenters. The number of carbonyl (C=O) groups excluding carboxylic acids is 1. The van der Waals surface area contributed by atoms with Gasteiger partial charge in [-0.15, -0.1) is 0 Å². The number of rotatable bonds is 7. The summed E-state index contributed by atoms with van der Waals surface area (Å²) >= 11 is 3.41. The Hall–Kier alpha value is -3.13. The summed E-state index contributed by atoms with van der Waals surface area (Å²) in [4.78, 5) is 21.6. The second kappa shape index (κ2) is 9.56. The molecule has 1 N–H and O–H groups in total. The third kappa shape index (κ3) is 5.02. The van der Waals surface area contributed by atoms with Crippen molar-refractivity contribution in [1.29, 1.82) is 0 Å². The lowest BCUT2D eigenvalue weighted by atomic mass is 10.1. The molecule has 1 atom stereocenters. The minimum atomic E-state index is -0.900. The third-order valence-corrected chi connectivity index (χ3v) is 5.76. The van der Waals surface area contributed by atoms with E-state index in [2.05, 4.69) is 31.2 Å². The molecule has 8 heteroatoms. The molecule has 0 saturated heterocycles. The van der Waals surface area contributed by atoms with Crippen molar-refractivity contribution >= 4 is 33.0 Å². The maximum absolute atomic E-state index is 13.7. The standard InChI is InChI=1S/C24H21BrF2N4O/c1-15(17-5-7-18(25)8-6-17)29-23(32)11-10-22-30-21-3-2-12-28-24(21)31(22)14-16-4-9-19(26)20(27)13-16/h2-9,12-13,15H,10-11,14H2,1H3,(H,29,32)/t15-/m0/s1. The Kier molecular flexibility index (Phi) is 6.60. The van der Waals surface area contributed by atoms with E-state index in [1.54, 1.807) is 12.3 Å². The average Bonchev–Trinajstić information content (AvgIpc) is 3.12. The van der Waals surface area contributed by atoms with Crippen molar-refractivity contribution in [2.24, 2.45) is 0 Å². The average molecular weight is 499 g/mol. The third-order valence-electron chi connectivity index (χ3n) is 5.23. The molecule has 0 radical (unpaired) electrons. The lowest BCUT2D eigenvalue weighted by Crippen LogP contribution is -2.27. The van der Waals surface area contributed by atoms with Gasteiger partial charge in [-0.1, -0.05) is 34.1 Å². The van der Waals surface area contributed by atoms with Crippen molar-refractivity contribution in [3.63, 3.8) is 0 Å². The fraction of sp³-hybridized carbons (Fsp3) is 0.208. The smallest absolute Gasteiger partial charge is 0.220 e. The largest absolute Gasteiger partial charge is 0.350 e. The van der Waals surface area contributed by atoms with Crippen LogP contribution in [0.15, 0.2) is 65.3 Å². The summed E-state index contributed by atoms with van der Waals surface area (Å²) in [6.07, 6.45) is 2.28. The summed E-state index contributed by atoms with van der Waals surface area (Å²) < 4.78 is 29.8. The predicted molar refractivity (Wildman–Crippen MR) is 122 cm³/mol. The number of nitrogens with zero attached hydrogens (tertiary/aromatic N) is 3. The van der Waals surface area contributed by atoms with Gasteiger partial charge in [-0.25, -0.2) is 18.7 Å². The summed E-state index contributed by atoms with van der Waals surface area (Å²) in [6, 6.07) is 15.1. The normalized spacial score (nSPS) is 12.1. The van der Waals surface area contributed by atoms with Crippen molar-refractivity contribution in [1.82, 2.24) is 19.9 Å². The zero-order valence-electron chi connectivity index (χ0n) is 17.4. The lowest BCUT2D eigenvalue weighted by Gasteiger charge is -2.15. The first-order chi connectivity index (χ1) is 15.4. The van der Waals surface area contributed by atoms with Gasteiger partial charge in [-0.3, -0.25) is 4.79 Å². The molecular weight excluding hydrogens is 478 g/mol.